The summed E-state index contributed by atoms with van der Waals surface area (Å²) in [5.41, 5.74) is 3.79. The van der Waals surface area contributed by atoms with Gasteiger partial charge in [0.05, 0.1) is 6.26 Å². The number of halogens is 1. The summed E-state index contributed by atoms with van der Waals surface area (Å²) in [5.74, 6) is 0.990. The molecule has 0 saturated heterocycles. The van der Waals surface area contributed by atoms with Gasteiger partial charge in [0, 0.05) is 35.9 Å². The van der Waals surface area contributed by atoms with E-state index in [4.69, 9.17) is 4.42 Å². The second-order valence-corrected chi connectivity index (χ2v) is 6.22. The highest BCUT2D eigenvalue weighted by Gasteiger charge is 2.11. The molecule has 114 valence electrons. The van der Waals surface area contributed by atoms with Crippen molar-refractivity contribution in [2.75, 3.05) is 18.5 Å². The maximum atomic E-state index is 5.38. The molecule has 0 aliphatic rings. The lowest BCUT2D eigenvalue weighted by molar-refractivity contribution is 0.529. The lowest BCUT2D eigenvalue weighted by atomic mass is 10.1. The molecule has 21 heavy (non-hydrogen) atoms. The van der Waals surface area contributed by atoms with Crippen LogP contribution < -0.4 is 10.2 Å². The van der Waals surface area contributed by atoms with Crippen LogP contribution in [0.3, 0.4) is 0 Å². The van der Waals surface area contributed by atoms with Gasteiger partial charge in [-0.3, -0.25) is 0 Å². The Morgan fingerprint density at radius 2 is 2.05 bits per heavy atom. The second kappa shape index (κ2) is 7.66. The van der Waals surface area contributed by atoms with Gasteiger partial charge in [0.1, 0.15) is 5.76 Å². The van der Waals surface area contributed by atoms with Gasteiger partial charge in [-0.2, -0.15) is 0 Å². The van der Waals surface area contributed by atoms with E-state index in [1.54, 1.807) is 6.26 Å². The van der Waals surface area contributed by atoms with E-state index in [-0.39, 0.29) is 0 Å². The number of anilines is 1. The second-order valence-electron chi connectivity index (χ2n) is 5.31. The Bertz CT molecular complexity index is 580. The Balaban J connectivity index is 2.15. The highest BCUT2D eigenvalue weighted by molar-refractivity contribution is 9.10. The summed E-state index contributed by atoms with van der Waals surface area (Å²) in [5, 5.41) is 3.48. The van der Waals surface area contributed by atoms with Crippen LogP contribution in [0.15, 0.2) is 39.4 Å². The Labute approximate surface area is 135 Å². The van der Waals surface area contributed by atoms with Gasteiger partial charge in [-0.25, -0.2) is 0 Å². The van der Waals surface area contributed by atoms with Crippen LogP contribution in [0, 0.1) is 6.92 Å². The van der Waals surface area contributed by atoms with Crippen molar-refractivity contribution in [1.82, 2.24) is 5.32 Å². The highest BCUT2D eigenvalue weighted by Crippen LogP contribution is 2.25. The zero-order valence-corrected chi connectivity index (χ0v) is 14.5. The first-order valence-corrected chi connectivity index (χ1v) is 8.14. The maximum Gasteiger partial charge on any atom is 0.105 e. The molecule has 0 aliphatic carbocycles. The summed E-state index contributed by atoms with van der Waals surface area (Å²) < 4.78 is 6.50. The van der Waals surface area contributed by atoms with Gasteiger partial charge in [0.15, 0.2) is 0 Å². The molecule has 0 radical (unpaired) electrons. The zero-order chi connectivity index (χ0) is 15.2. The van der Waals surface area contributed by atoms with E-state index >= 15 is 0 Å². The molecule has 0 unspecified atom stereocenters. The minimum absolute atomic E-state index is 0.852. The topological polar surface area (TPSA) is 28.4 Å². The first-order valence-electron chi connectivity index (χ1n) is 7.35. The minimum atomic E-state index is 0.852. The van der Waals surface area contributed by atoms with Crippen LogP contribution in [0.2, 0.25) is 0 Å². The molecule has 0 amide bonds. The van der Waals surface area contributed by atoms with Crippen molar-refractivity contribution in [3.8, 4) is 0 Å². The van der Waals surface area contributed by atoms with E-state index in [1.807, 2.05) is 13.0 Å². The molecule has 0 fully saturated rings. The van der Waals surface area contributed by atoms with Crippen LogP contribution >= 0.6 is 15.9 Å². The molecule has 0 atom stereocenters. The third kappa shape index (κ3) is 4.35. The lowest BCUT2D eigenvalue weighted by Gasteiger charge is -2.23. The van der Waals surface area contributed by atoms with E-state index in [0.717, 1.165) is 36.3 Å². The Hall–Kier alpha value is -1.26. The Morgan fingerprint density at radius 3 is 2.71 bits per heavy atom. The number of furan rings is 1. The summed E-state index contributed by atoms with van der Waals surface area (Å²) >= 11 is 3.57. The Morgan fingerprint density at radius 1 is 1.24 bits per heavy atom. The molecule has 4 heteroatoms. The number of benzene rings is 1. The molecule has 3 nitrogen and oxygen atoms in total. The Kier molecular flexibility index (Phi) is 5.88. The molecule has 1 heterocycles. The van der Waals surface area contributed by atoms with Crippen LogP contribution in [-0.4, -0.2) is 13.6 Å². The average Bonchev–Trinajstić information content (AvgIpc) is 2.84. The van der Waals surface area contributed by atoms with Gasteiger partial charge in [-0.05, 0) is 49.7 Å². The van der Waals surface area contributed by atoms with E-state index in [1.165, 1.54) is 16.8 Å². The van der Waals surface area contributed by atoms with Gasteiger partial charge < -0.3 is 14.6 Å². The van der Waals surface area contributed by atoms with Gasteiger partial charge >= 0.3 is 0 Å². The molecular formula is C17H23BrN2O. The molecule has 2 aromatic rings. The number of nitrogens with zero attached hydrogens (tertiary/aromatic N) is 1. The highest BCUT2D eigenvalue weighted by atomic mass is 79.9. The lowest BCUT2D eigenvalue weighted by Crippen LogP contribution is -2.21. The molecule has 1 aromatic carbocycles. The predicted octanol–water partition coefficient (Wildman–Crippen LogP) is 4.49. The van der Waals surface area contributed by atoms with Gasteiger partial charge in [-0.1, -0.05) is 22.9 Å². The maximum absolute atomic E-state index is 5.38. The predicted molar refractivity (Wildman–Crippen MR) is 91.7 cm³/mol. The van der Waals surface area contributed by atoms with Crippen molar-refractivity contribution in [3.63, 3.8) is 0 Å². The van der Waals surface area contributed by atoms with Crippen molar-refractivity contribution in [2.45, 2.75) is 33.4 Å². The van der Waals surface area contributed by atoms with Gasteiger partial charge in [0.25, 0.3) is 0 Å². The fraction of sp³-hybridized carbons (Fsp3) is 0.412. The molecule has 1 aromatic heterocycles. The van der Waals surface area contributed by atoms with E-state index in [2.05, 4.69) is 58.3 Å². The molecule has 0 aliphatic heterocycles. The van der Waals surface area contributed by atoms with Crippen LogP contribution in [0.4, 0.5) is 5.69 Å². The summed E-state index contributed by atoms with van der Waals surface area (Å²) in [6, 6.07) is 8.50. The number of hydrogen-bond donors (Lipinski definition) is 1. The van der Waals surface area contributed by atoms with E-state index in [0.29, 0.717) is 0 Å². The van der Waals surface area contributed by atoms with Crippen molar-refractivity contribution >= 4 is 21.6 Å². The summed E-state index contributed by atoms with van der Waals surface area (Å²) in [7, 11) is 2.12. The quantitative estimate of drug-likeness (QED) is 0.746. The largest absolute Gasteiger partial charge is 0.469 e. The van der Waals surface area contributed by atoms with Gasteiger partial charge in [0.2, 0.25) is 0 Å². The minimum Gasteiger partial charge on any atom is -0.469 e. The van der Waals surface area contributed by atoms with Crippen LogP contribution in [0.5, 0.6) is 0 Å². The van der Waals surface area contributed by atoms with Crippen LogP contribution in [-0.2, 0) is 13.1 Å². The fourth-order valence-corrected chi connectivity index (χ4v) is 2.79. The number of rotatable bonds is 7. The van der Waals surface area contributed by atoms with Crippen molar-refractivity contribution in [2.24, 2.45) is 0 Å². The average molecular weight is 351 g/mol. The molecular weight excluding hydrogens is 328 g/mol. The van der Waals surface area contributed by atoms with Crippen LogP contribution in [0.25, 0.3) is 0 Å². The smallest absolute Gasteiger partial charge is 0.105 e. The number of hydrogen-bond acceptors (Lipinski definition) is 3. The van der Waals surface area contributed by atoms with Crippen molar-refractivity contribution in [3.05, 3.63) is 51.9 Å². The summed E-state index contributed by atoms with van der Waals surface area (Å²) in [4.78, 5) is 2.27. The zero-order valence-electron chi connectivity index (χ0n) is 12.9. The fourth-order valence-electron chi connectivity index (χ4n) is 2.38. The first kappa shape index (κ1) is 16.1. The molecule has 0 bridgehead atoms. The number of nitrogens with one attached hydrogen (secondary N) is 1. The van der Waals surface area contributed by atoms with E-state index in [9.17, 15) is 0 Å². The molecule has 0 saturated carbocycles. The van der Waals surface area contributed by atoms with Crippen molar-refractivity contribution < 1.29 is 4.42 Å². The SMILES string of the molecule is CCCNCc1cc(Br)ccc1N(C)Cc1ccoc1C. The van der Waals surface area contributed by atoms with Crippen molar-refractivity contribution in [1.29, 1.82) is 0 Å². The van der Waals surface area contributed by atoms with E-state index < -0.39 is 0 Å². The van der Waals surface area contributed by atoms with Gasteiger partial charge in [-0.15, -0.1) is 0 Å². The molecule has 1 N–H and O–H groups in total. The third-order valence-electron chi connectivity index (χ3n) is 3.57. The monoisotopic (exact) mass is 350 g/mol. The summed E-state index contributed by atoms with van der Waals surface area (Å²) in [6.07, 6.45) is 2.90. The first-order chi connectivity index (χ1) is 10.1. The third-order valence-corrected chi connectivity index (χ3v) is 4.06. The molecule has 0 spiro atoms. The standard InChI is InChI=1S/C17H23BrN2O/c1-4-8-19-11-15-10-16(18)5-6-17(15)20(3)12-14-7-9-21-13(14)2/h5-7,9-10,19H,4,8,11-12H2,1-3H3. The number of aryl methyl sites for hydroxylation is 1. The van der Waals surface area contributed by atoms with Crippen LogP contribution in [0.1, 0.15) is 30.2 Å². The molecule has 2 rings (SSSR count). The summed E-state index contributed by atoms with van der Waals surface area (Å²) in [6.45, 7) is 6.97. The normalized spacial score (nSPS) is 10.9.